The first-order valence-corrected chi connectivity index (χ1v) is 6.25. The lowest BCUT2D eigenvalue weighted by molar-refractivity contribution is 0.627. The van der Waals surface area contributed by atoms with Gasteiger partial charge in [-0.25, -0.2) is 0 Å². The molecule has 0 amide bonds. The van der Waals surface area contributed by atoms with Crippen LogP contribution in [0.15, 0.2) is 24.5 Å². The van der Waals surface area contributed by atoms with Crippen molar-refractivity contribution in [2.45, 2.75) is 32.7 Å². The maximum Gasteiger partial charge on any atom is 0.195 e. The number of hydrogen-bond acceptors (Lipinski definition) is 3. The zero-order valence-electron chi connectivity index (χ0n) is 9.89. The van der Waals surface area contributed by atoms with Crippen molar-refractivity contribution in [3.05, 3.63) is 40.7 Å². The quantitative estimate of drug-likeness (QED) is 0.827. The topological polar surface area (TPSA) is 46.5 Å². The van der Waals surface area contributed by atoms with E-state index in [1.165, 1.54) is 5.56 Å². The van der Waals surface area contributed by atoms with E-state index in [0.29, 0.717) is 0 Å². The minimum Gasteiger partial charge on any atom is -0.304 e. The first-order chi connectivity index (χ1) is 8.31. The average Bonchev–Trinajstić information content (AvgIpc) is 2.70. The lowest BCUT2D eigenvalue weighted by Crippen LogP contribution is -2.05. The second-order valence-corrected chi connectivity index (χ2v) is 4.34. The Balaban J connectivity index is 2.07. The van der Waals surface area contributed by atoms with Crippen LogP contribution in [-0.2, 0) is 19.4 Å². The molecular formula is C12H16N4S. The summed E-state index contributed by atoms with van der Waals surface area (Å²) in [5.74, 6) is 1.04. The van der Waals surface area contributed by atoms with Crippen molar-refractivity contribution in [1.29, 1.82) is 0 Å². The van der Waals surface area contributed by atoms with Crippen LogP contribution in [-0.4, -0.2) is 19.7 Å². The maximum atomic E-state index is 5.20. The van der Waals surface area contributed by atoms with E-state index in [4.69, 9.17) is 12.2 Å². The van der Waals surface area contributed by atoms with Crippen LogP contribution in [0, 0.1) is 4.77 Å². The van der Waals surface area contributed by atoms with Gasteiger partial charge in [-0.05, 0) is 42.8 Å². The Bertz CT molecular complexity index is 515. The third-order valence-corrected chi connectivity index (χ3v) is 2.98. The van der Waals surface area contributed by atoms with Gasteiger partial charge in [-0.1, -0.05) is 6.92 Å². The Kier molecular flexibility index (Phi) is 4.03. The third-order valence-electron chi connectivity index (χ3n) is 2.67. The molecule has 0 spiro atoms. The first-order valence-electron chi connectivity index (χ1n) is 5.84. The molecule has 4 nitrogen and oxygen atoms in total. The largest absolute Gasteiger partial charge is 0.304 e. The molecule has 0 unspecified atom stereocenters. The number of rotatable bonds is 5. The second kappa shape index (κ2) is 5.72. The highest BCUT2D eigenvalue weighted by Gasteiger charge is 2.05. The molecule has 1 N–H and O–H groups in total. The summed E-state index contributed by atoms with van der Waals surface area (Å²) in [4.78, 5) is 4.01. The van der Waals surface area contributed by atoms with Crippen molar-refractivity contribution in [3.8, 4) is 0 Å². The average molecular weight is 248 g/mol. The fourth-order valence-corrected chi connectivity index (χ4v) is 2.04. The molecular weight excluding hydrogens is 232 g/mol. The highest BCUT2D eigenvalue weighted by molar-refractivity contribution is 7.71. The van der Waals surface area contributed by atoms with Gasteiger partial charge in [0, 0.05) is 25.4 Å². The summed E-state index contributed by atoms with van der Waals surface area (Å²) >= 11 is 5.20. The molecule has 5 heteroatoms. The van der Waals surface area contributed by atoms with E-state index in [1.54, 1.807) is 0 Å². The van der Waals surface area contributed by atoms with Crippen molar-refractivity contribution in [2.75, 3.05) is 0 Å². The molecule has 0 radical (unpaired) electrons. The van der Waals surface area contributed by atoms with Gasteiger partial charge in [0.05, 0.1) is 0 Å². The van der Waals surface area contributed by atoms with Gasteiger partial charge in [-0.3, -0.25) is 10.1 Å². The van der Waals surface area contributed by atoms with Crippen LogP contribution in [0.25, 0.3) is 0 Å². The van der Waals surface area contributed by atoms with Crippen molar-refractivity contribution >= 4 is 12.2 Å². The zero-order valence-corrected chi connectivity index (χ0v) is 10.7. The lowest BCUT2D eigenvalue weighted by atomic mass is 10.1. The Morgan fingerprint density at radius 3 is 2.76 bits per heavy atom. The fourth-order valence-electron chi connectivity index (χ4n) is 1.80. The fraction of sp³-hybridized carbons (Fsp3) is 0.417. The van der Waals surface area contributed by atoms with E-state index >= 15 is 0 Å². The lowest BCUT2D eigenvalue weighted by Gasteiger charge is -2.04. The number of hydrogen-bond donors (Lipinski definition) is 1. The number of nitrogens with zero attached hydrogens (tertiary/aromatic N) is 3. The second-order valence-electron chi connectivity index (χ2n) is 3.95. The number of H-pyrrole nitrogens is 1. The molecule has 0 bridgehead atoms. The predicted molar refractivity (Wildman–Crippen MR) is 69.3 cm³/mol. The number of nitrogens with one attached hydrogen (secondary N) is 1. The van der Waals surface area contributed by atoms with Gasteiger partial charge >= 0.3 is 0 Å². The van der Waals surface area contributed by atoms with E-state index < -0.39 is 0 Å². The Labute approximate surface area is 106 Å². The van der Waals surface area contributed by atoms with E-state index in [0.717, 1.165) is 36.4 Å². The first kappa shape index (κ1) is 12.0. The highest BCUT2D eigenvalue weighted by Crippen LogP contribution is 2.06. The minimum absolute atomic E-state index is 0.719. The molecule has 0 aliphatic heterocycles. The minimum atomic E-state index is 0.719. The zero-order chi connectivity index (χ0) is 12.1. The van der Waals surface area contributed by atoms with E-state index in [-0.39, 0.29) is 0 Å². The molecule has 17 heavy (non-hydrogen) atoms. The number of pyridine rings is 1. The molecule has 0 aliphatic rings. The highest BCUT2D eigenvalue weighted by atomic mass is 32.1. The summed E-state index contributed by atoms with van der Waals surface area (Å²) in [5.41, 5.74) is 1.27. The van der Waals surface area contributed by atoms with Gasteiger partial charge in [-0.15, -0.1) is 0 Å². The molecule has 2 heterocycles. The smallest absolute Gasteiger partial charge is 0.195 e. The SMILES string of the molecule is CCCn1c(CCc2ccncc2)n[nH]c1=S. The maximum absolute atomic E-state index is 5.20. The van der Waals surface area contributed by atoms with Crippen molar-refractivity contribution in [3.63, 3.8) is 0 Å². The van der Waals surface area contributed by atoms with Crippen LogP contribution in [0.1, 0.15) is 24.7 Å². The summed E-state index contributed by atoms with van der Waals surface area (Å²) in [6.45, 7) is 3.07. The standard InChI is InChI=1S/C12H16N4S/c1-2-9-16-11(14-15-12(16)17)4-3-10-5-7-13-8-6-10/h5-8H,2-4,9H2,1H3,(H,15,17). The monoisotopic (exact) mass is 248 g/mol. The number of aryl methyl sites for hydroxylation is 2. The molecule has 2 rings (SSSR count). The van der Waals surface area contributed by atoms with Gasteiger partial charge in [0.2, 0.25) is 0 Å². The van der Waals surface area contributed by atoms with Gasteiger partial charge in [0.1, 0.15) is 5.82 Å². The van der Waals surface area contributed by atoms with Crippen LogP contribution in [0.2, 0.25) is 0 Å². The van der Waals surface area contributed by atoms with Crippen molar-refractivity contribution in [2.24, 2.45) is 0 Å². The van der Waals surface area contributed by atoms with Gasteiger partial charge in [-0.2, -0.15) is 5.10 Å². The summed E-state index contributed by atoms with van der Waals surface area (Å²) in [6.07, 6.45) is 6.57. The van der Waals surface area contributed by atoms with Crippen molar-refractivity contribution < 1.29 is 0 Å². The molecule has 0 saturated heterocycles. The third kappa shape index (κ3) is 3.00. The van der Waals surface area contributed by atoms with Crippen LogP contribution in [0.4, 0.5) is 0 Å². The van der Waals surface area contributed by atoms with Gasteiger partial charge in [0.25, 0.3) is 0 Å². The summed E-state index contributed by atoms with van der Waals surface area (Å²) in [6, 6.07) is 4.07. The molecule has 0 atom stereocenters. The Morgan fingerprint density at radius 1 is 1.29 bits per heavy atom. The summed E-state index contributed by atoms with van der Waals surface area (Å²) in [5, 5.41) is 7.14. The molecule has 0 aromatic carbocycles. The van der Waals surface area contributed by atoms with E-state index in [1.807, 2.05) is 24.5 Å². The predicted octanol–water partition coefficient (Wildman–Crippen LogP) is 2.53. The van der Waals surface area contributed by atoms with E-state index in [9.17, 15) is 0 Å². The van der Waals surface area contributed by atoms with E-state index in [2.05, 4.69) is 26.7 Å². The summed E-state index contributed by atoms with van der Waals surface area (Å²) in [7, 11) is 0. The van der Waals surface area contributed by atoms with Crippen LogP contribution < -0.4 is 0 Å². The molecule has 0 saturated carbocycles. The van der Waals surface area contributed by atoms with Gasteiger partial charge in [0.15, 0.2) is 4.77 Å². The Morgan fingerprint density at radius 2 is 2.06 bits per heavy atom. The molecule has 2 aromatic rings. The molecule has 0 fully saturated rings. The van der Waals surface area contributed by atoms with Gasteiger partial charge < -0.3 is 4.57 Å². The molecule has 2 aromatic heterocycles. The van der Waals surface area contributed by atoms with Crippen molar-refractivity contribution in [1.82, 2.24) is 19.7 Å². The molecule has 0 aliphatic carbocycles. The van der Waals surface area contributed by atoms with Crippen LogP contribution >= 0.6 is 12.2 Å². The normalized spacial score (nSPS) is 10.6. The van der Waals surface area contributed by atoms with Crippen LogP contribution in [0.3, 0.4) is 0 Å². The molecule has 90 valence electrons. The van der Waals surface area contributed by atoms with Crippen LogP contribution in [0.5, 0.6) is 0 Å². The summed E-state index contributed by atoms with van der Waals surface area (Å²) < 4.78 is 2.80. The Hall–Kier alpha value is -1.49. The number of aromatic nitrogens is 4. The number of aromatic amines is 1.